The van der Waals surface area contributed by atoms with Gasteiger partial charge in [-0.05, 0) is 31.6 Å². The number of likely N-dealkylation sites (N-methyl/N-ethyl adjacent to an activating group) is 1. The van der Waals surface area contributed by atoms with Gasteiger partial charge in [0.1, 0.15) is 0 Å². The van der Waals surface area contributed by atoms with Crippen LogP contribution in [-0.4, -0.2) is 25.1 Å². The number of hydrogen-bond donors (Lipinski definition) is 1. The van der Waals surface area contributed by atoms with Crippen molar-refractivity contribution in [3.63, 3.8) is 0 Å². The van der Waals surface area contributed by atoms with Gasteiger partial charge in [0.25, 0.3) is 0 Å². The van der Waals surface area contributed by atoms with Crippen molar-refractivity contribution in [2.45, 2.75) is 19.8 Å². The number of hydrogen-bond acceptors (Lipinski definition) is 4. The Bertz CT molecular complexity index is 518. The zero-order valence-corrected chi connectivity index (χ0v) is 8.82. The second kappa shape index (κ2) is 4.53. The monoisotopic (exact) mass is 225 g/mol. The average Bonchev–Trinajstić information content (AvgIpc) is 2.83. The SMILES string of the molecule is [2H]C(NC(C)C(=O)c1ccc2c(c1)OCO2)C([2H])([2H])[2H]. The summed E-state index contributed by atoms with van der Waals surface area (Å²) in [5.74, 6) is 0.758. The molecule has 2 unspecified atom stereocenters. The number of carbonyl (C=O) groups excluding carboxylic acids is 1. The molecule has 0 spiro atoms. The molecule has 0 amide bonds. The highest BCUT2D eigenvalue weighted by molar-refractivity contribution is 6.00. The molecule has 16 heavy (non-hydrogen) atoms. The Kier molecular flexibility index (Phi) is 1.96. The molecule has 0 saturated heterocycles. The first-order chi connectivity index (χ1) is 9.29. The van der Waals surface area contributed by atoms with E-state index >= 15 is 0 Å². The lowest BCUT2D eigenvalue weighted by atomic mass is 10.0. The molecule has 1 aromatic rings. The molecule has 86 valence electrons. The zero-order chi connectivity index (χ0) is 14.9. The van der Waals surface area contributed by atoms with E-state index in [0.29, 0.717) is 17.1 Å². The van der Waals surface area contributed by atoms with Gasteiger partial charge in [0.15, 0.2) is 17.3 Å². The van der Waals surface area contributed by atoms with Crippen LogP contribution in [0.3, 0.4) is 0 Å². The summed E-state index contributed by atoms with van der Waals surface area (Å²) in [4.78, 5) is 12.2. The Morgan fingerprint density at radius 2 is 2.44 bits per heavy atom. The van der Waals surface area contributed by atoms with Crippen molar-refractivity contribution in [2.75, 3.05) is 13.3 Å². The number of rotatable bonds is 4. The third kappa shape index (κ3) is 2.02. The summed E-state index contributed by atoms with van der Waals surface area (Å²) < 4.78 is 39.1. The second-order valence-electron chi connectivity index (χ2n) is 3.46. The van der Waals surface area contributed by atoms with Crippen molar-refractivity contribution in [3.8, 4) is 11.5 Å². The molecule has 1 aromatic carbocycles. The summed E-state index contributed by atoms with van der Waals surface area (Å²) >= 11 is 0. The maximum atomic E-state index is 12.2. The van der Waals surface area contributed by atoms with Crippen LogP contribution in [0, 0.1) is 0 Å². The van der Waals surface area contributed by atoms with Crippen LogP contribution in [0.2, 0.25) is 0 Å². The molecular weight excluding hydrogens is 206 g/mol. The van der Waals surface area contributed by atoms with Gasteiger partial charge in [0.05, 0.1) is 6.04 Å². The predicted molar refractivity (Wildman–Crippen MR) is 60.0 cm³/mol. The van der Waals surface area contributed by atoms with E-state index in [9.17, 15) is 4.79 Å². The van der Waals surface area contributed by atoms with E-state index in [1.54, 1.807) is 18.2 Å². The molecule has 0 aromatic heterocycles. The number of carbonyl (C=O) groups is 1. The summed E-state index contributed by atoms with van der Waals surface area (Å²) in [6.07, 6.45) is 0. The lowest BCUT2D eigenvalue weighted by Crippen LogP contribution is -2.33. The fourth-order valence-electron chi connectivity index (χ4n) is 1.50. The van der Waals surface area contributed by atoms with Crippen molar-refractivity contribution in [1.29, 1.82) is 0 Å². The molecule has 0 saturated carbocycles. The molecule has 1 aliphatic rings. The van der Waals surface area contributed by atoms with Gasteiger partial charge in [-0.2, -0.15) is 0 Å². The number of benzene rings is 1. The highest BCUT2D eigenvalue weighted by Crippen LogP contribution is 2.32. The molecule has 1 aliphatic heterocycles. The van der Waals surface area contributed by atoms with E-state index in [0.717, 1.165) is 0 Å². The normalized spacial score (nSPS) is 21.3. The minimum absolute atomic E-state index is 0.120. The lowest BCUT2D eigenvalue weighted by molar-refractivity contribution is 0.0951. The Morgan fingerprint density at radius 3 is 3.25 bits per heavy atom. The number of ketones is 1. The molecule has 4 nitrogen and oxygen atoms in total. The Hall–Kier alpha value is -1.55. The van der Waals surface area contributed by atoms with E-state index in [1.165, 1.54) is 6.92 Å². The van der Waals surface area contributed by atoms with Gasteiger partial charge in [-0.1, -0.05) is 6.85 Å². The van der Waals surface area contributed by atoms with E-state index in [-0.39, 0.29) is 12.6 Å². The lowest BCUT2D eigenvalue weighted by Gasteiger charge is -2.11. The Morgan fingerprint density at radius 1 is 1.62 bits per heavy atom. The van der Waals surface area contributed by atoms with Gasteiger partial charge >= 0.3 is 0 Å². The van der Waals surface area contributed by atoms with Gasteiger partial charge < -0.3 is 14.8 Å². The van der Waals surface area contributed by atoms with Crippen LogP contribution in [0.1, 0.15) is 29.6 Å². The third-order valence-electron chi connectivity index (χ3n) is 2.38. The molecule has 0 radical (unpaired) electrons. The van der Waals surface area contributed by atoms with Crippen molar-refractivity contribution in [3.05, 3.63) is 23.8 Å². The molecule has 0 aliphatic carbocycles. The number of ether oxygens (including phenoxy) is 2. The first-order valence-corrected chi connectivity index (χ1v) is 4.91. The average molecular weight is 225 g/mol. The van der Waals surface area contributed by atoms with Crippen LogP contribution in [0.4, 0.5) is 0 Å². The molecule has 2 atom stereocenters. The van der Waals surface area contributed by atoms with E-state index in [2.05, 4.69) is 5.32 Å². The van der Waals surface area contributed by atoms with Gasteiger partial charge in [0.2, 0.25) is 6.79 Å². The molecule has 0 fully saturated rings. The van der Waals surface area contributed by atoms with Gasteiger partial charge in [0, 0.05) is 11.0 Å². The van der Waals surface area contributed by atoms with E-state index < -0.39 is 19.4 Å². The second-order valence-corrected chi connectivity index (χ2v) is 3.46. The molecule has 2 rings (SSSR count). The summed E-state index contributed by atoms with van der Waals surface area (Å²) in [7, 11) is 0. The van der Waals surface area contributed by atoms with Crippen LogP contribution in [0.15, 0.2) is 18.2 Å². The fourth-order valence-corrected chi connectivity index (χ4v) is 1.50. The van der Waals surface area contributed by atoms with Crippen LogP contribution < -0.4 is 14.8 Å². The maximum absolute atomic E-state index is 12.2. The van der Waals surface area contributed by atoms with Crippen LogP contribution in [0.25, 0.3) is 0 Å². The Balaban J connectivity index is 2.07. The highest BCUT2D eigenvalue weighted by atomic mass is 16.7. The minimum atomic E-state index is -2.47. The van der Waals surface area contributed by atoms with Crippen molar-refractivity contribution < 1.29 is 19.8 Å². The van der Waals surface area contributed by atoms with Gasteiger partial charge in [-0.25, -0.2) is 0 Å². The minimum Gasteiger partial charge on any atom is -0.454 e. The summed E-state index contributed by atoms with van der Waals surface area (Å²) in [5, 5.41) is 2.47. The zero-order valence-electron chi connectivity index (χ0n) is 12.8. The van der Waals surface area contributed by atoms with Crippen LogP contribution >= 0.6 is 0 Å². The standard InChI is InChI=1S/C12H15NO3/c1-3-13-8(2)12(14)9-4-5-10-11(6-9)16-7-15-10/h4-6,8,13H,3,7H2,1-2H3/i1D3,3D. The largest absolute Gasteiger partial charge is 0.454 e. The van der Waals surface area contributed by atoms with Crippen LogP contribution in [-0.2, 0) is 0 Å². The smallest absolute Gasteiger partial charge is 0.231 e. The first-order valence-electron chi connectivity index (χ1n) is 6.99. The molecule has 4 heteroatoms. The van der Waals surface area contributed by atoms with Crippen molar-refractivity contribution in [2.24, 2.45) is 0 Å². The molecule has 1 N–H and O–H groups in total. The third-order valence-corrected chi connectivity index (χ3v) is 2.38. The fraction of sp³-hybridized carbons (Fsp3) is 0.417. The maximum Gasteiger partial charge on any atom is 0.231 e. The molecule has 1 heterocycles. The molecular formula is C12H15NO3. The summed E-state index contributed by atoms with van der Waals surface area (Å²) in [6, 6.07) is 3.99. The van der Waals surface area contributed by atoms with Gasteiger partial charge in [-0.3, -0.25) is 4.79 Å². The topological polar surface area (TPSA) is 47.6 Å². The quantitative estimate of drug-likeness (QED) is 0.791. The highest BCUT2D eigenvalue weighted by Gasteiger charge is 2.19. The van der Waals surface area contributed by atoms with Crippen molar-refractivity contribution in [1.82, 2.24) is 5.32 Å². The van der Waals surface area contributed by atoms with Crippen molar-refractivity contribution >= 4 is 5.78 Å². The predicted octanol–water partition coefficient (Wildman–Crippen LogP) is 1.60. The summed E-state index contributed by atoms with van der Waals surface area (Å²) in [6.45, 7) is -2.33. The van der Waals surface area contributed by atoms with Crippen LogP contribution in [0.5, 0.6) is 11.5 Å². The molecule has 0 bridgehead atoms. The first kappa shape index (κ1) is 6.91. The Labute approximate surface area is 100 Å². The number of nitrogens with one attached hydrogen (secondary N) is 1. The number of Topliss-reactive ketones (excluding diaryl/α,β-unsaturated/α-hetero) is 1. The van der Waals surface area contributed by atoms with E-state index in [1.807, 2.05) is 0 Å². The summed E-state index contributed by atoms with van der Waals surface area (Å²) in [5.41, 5.74) is 0.381. The van der Waals surface area contributed by atoms with Gasteiger partial charge in [-0.15, -0.1) is 0 Å². The number of fused-ring (bicyclic) bond motifs is 1. The van der Waals surface area contributed by atoms with E-state index in [4.69, 9.17) is 15.0 Å².